The van der Waals surface area contributed by atoms with Crippen molar-refractivity contribution >= 4 is 0 Å². The third-order valence-corrected chi connectivity index (χ3v) is 2.16. The van der Waals surface area contributed by atoms with Crippen molar-refractivity contribution in [3.05, 3.63) is 24.0 Å². The van der Waals surface area contributed by atoms with Gasteiger partial charge in [0.1, 0.15) is 0 Å². The van der Waals surface area contributed by atoms with Gasteiger partial charge in [-0.05, 0) is 38.3 Å². The third-order valence-electron chi connectivity index (χ3n) is 2.16. The second-order valence-electron chi connectivity index (χ2n) is 4.68. The van der Waals surface area contributed by atoms with Crippen LogP contribution in [0.5, 0.6) is 0 Å². The van der Waals surface area contributed by atoms with E-state index in [0.29, 0.717) is 5.92 Å². The Kier molecular flexibility index (Phi) is 2.31. The van der Waals surface area contributed by atoms with E-state index in [-0.39, 0.29) is 5.54 Å². The van der Waals surface area contributed by atoms with Crippen LogP contribution in [0, 0.1) is 0 Å². The molecule has 0 fully saturated rings. The Morgan fingerprint density at radius 3 is 2.08 bits per heavy atom. The van der Waals surface area contributed by atoms with Crippen molar-refractivity contribution < 1.29 is 0 Å². The fourth-order valence-electron chi connectivity index (χ4n) is 1.17. The summed E-state index contributed by atoms with van der Waals surface area (Å²) in [6.07, 6.45) is 4.40. The van der Waals surface area contributed by atoms with E-state index in [1.807, 2.05) is 0 Å². The molecule has 0 aliphatic rings. The molecule has 1 rings (SSSR count). The van der Waals surface area contributed by atoms with E-state index >= 15 is 0 Å². The summed E-state index contributed by atoms with van der Waals surface area (Å²) in [5.74, 6) is 0.633. The van der Waals surface area contributed by atoms with E-state index in [0.717, 1.165) is 0 Å². The van der Waals surface area contributed by atoms with Gasteiger partial charge in [0, 0.05) is 17.9 Å². The molecule has 1 aromatic heterocycles. The van der Waals surface area contributed by atoms with Crippen molar-refractivity contribution in [3.63, 3.8) is 0 Å². The van der Waals surface area contributed by atoms with Crippen LogP contribution in [0.4, 0.5) is 0 Å². The molecule has 0 bridgehead atoms. The molecule has 1 nitrogen and oxygen atoms in total. The molecule has 0 aromatic carbocycles. The summed E-state index contributed by atoms with van der Waals surface area (Å²) in [6.45, 7) is 11.1. The summed E-state index contributed by atoms with van der Waals surface area (Å²) < 4.78 is 2.27. The maximum atomic E-state index is 2.27. The van der Waals surface area contributed by atoms with Crippen LogP contribution in [0.25, 0.3) is 0 Å². The smallest absolute Gasteiger partial charge is 0.0355 e. The van der Waals surface area contributed by atoms with Crippen LogP contribution in [0.1, 0.15) is 46.1 Å². The number of hydrogen-bond donors (Lipinski definition) is 0. The summed E-state index contributed by atoms with van der Waals surface area (Å²) in [7, 11) is 0. The highest BCUT2D eigenvalue weighted by Gasteiger charge is 2.12. The second kappa shape index (κ2) is 2.96. The average Bonchev–Trinajstić information content (AvgIpc) is 2.30. The van der Waals surface area contributed by atoms with Crippen LogP contribution in [0.15, 0.2) is 18.5 Å². The van der Waals surface area contributed by atoms with E-state index in [2.05, 4.69) is 57.6 Å². The van der Waals surface area contributed by atoms with Crippen molar-refractivity contribution in [1.82, 2.24) is 4.57 Å². The van der Waals surface area contributed by atoms with Crippen LogP contribution in [-0.2, 0) is 5.54 Å². The fourth-order valence-corrected chi connectivity index (χ4v) is 1.17. The minimum atomic E-state index is 0.215. The average molecular weight is 165 g/mol. The van der Waals surface area contributed by atoms with Crippen LogP contribution in [-0.4, -0.2) is 4.57 Å². The molecule has 1 heterocycles. The highest BCUT2D eigenvalue weighted by Crippen LogP contribution is 2.20. The molecule has 0 amide bonds. The first-order valence-corrected chi connectivity index (χ1v) is 4.59. The Morgan fingerprint density at radius 2 is 1.83 bits per heavy atom. The SMILES string of the molecule is CC(C)c1ccn(C(C)(C)C)c1. The molecule has 0 aliphatic carbocycles. The first-order valence-electron chi connectivity index (χ1n) is 4.59. The van der Waals surface area contributed by atoms with Gasteiger partial charge < -0.3 is 4.57 Å². The largest absolute Gasteiger partial charge is 0.349 e. The number of nitrogens with zero attached hydrogens (tertiary/aromatic N) is 1. The number of hydrogen-bond acceptors (Lipinski definition) is 0. The topological polar surface area (TPSA) is 4.93 Å². The lowest BCUT2D eigenvalue weighted by molar-refractivity contribution is 0.397. The molecule has 0 saturated carbocycles. The third kappa shape index (κ3) is 1.90. The Balaban J connectivity index is 2.92. The van der Waals surface area contributed by atoms with Crippen molar-refractivity contribution in [2.24, 2.45) is 0 Å². The van der Waals surface area contributed by atoms with E-state index < -0.39 is 0 Å². The van der Waals surface area contributed by atoms with Crippen LogP contribution in [0.2, 0.25) is 0 Å². The van der Waals surface area contributed by atoms with Crippen molar-refractivity contribution in [3.8, 4) is 0 Å². The summed E-state index contributed by atoms with van der Waals surface area (Å²) in [5, 5.41) is 0. The van der Waals surface area contributed by atoms with E-state index in [9.17, 15) is 0 Å². The van der Waals surface area contributed by atoms with E-state index in [1.54, 1.807) is 0 Å². The minimum Gasteiger partial charge on any atom is -0.349 e. The normalized spacial score (nSPS) is 12.5. The number of aromatic nitrogens is 1. The molecule has 68 valence electrons. The summed E-state index contributed by atoms with van der Waals surface area (Å²) in [4.78, 5) is 0. The van der Waals surface area contributed by atoms with Gasteiger partial charge in [-0.2, -0.15) is 0 Å². The predicted molar refractivity (Wildman–Crippen MR) is 53.5 cm³/mol. The monoisotopic (exact) mass is 165 g/mol. The quantitative estimate of drug-likeness (QED) is 0.601. The Morgan fingerprint density at radius 1 is 1.25 bits per heavy atom. The van der Waals surface area contributed by atoms with Crippen molar-refractivity contribution in [2.45, 2.75) is 46.1 Å². The summed E-state index contributed by atoms with van der Waals surface area (Å²) >= 11 is 0. The van der Waals surface area contributed by atoms with Gasteiger partial charge in [-0.3, -0.25) is 0 Å². The lowest BCUT2D eigenvalue weighted by atomic mass is 10.1. The van der Waals surface area contributed by atoms with Gasteiger partial charge in [-0.25, -0.2) is 0 Å². The van der Waals surface area contributed by atoms with Gasteiger partial charge in [0.25, 0.3) is 0 Å². The van der Waals surface area contributed by atoms with Gasteiger partial charge >= 0.3 is 0 Å². The molecular weight excluding hydrogens is 146 g/mol. The lowest BCUT2D eigenvalue weighted by Gasteiger charge is -2.21. The number of rotatable bonds is 1. The Hall–Kier alpha value is -0.720. The van der Waals surface area contributed by atoms with Gasteiger partial charge in [-0.15, -0.1) is 0 Å². The van der Waals surface area contributed by atoms with Crippen LogP contribution >= 0.6 is 0 Å². The zero-order valence-corrected chi connectivity index (χ0v) is 8.76. The molecule has 0 atom stereocenters. The predicted octanol–water partition coefficient (Wildman–Crippen LogP) is 3.37. The zero-order valence-electron chi connectivity index (χ0n) is 8.76. The molecular formula is C11H19N. The maximum absolute atomic E-state index is 2.27. The molecule has 0 N–H and O–H groups in total. The van der Waals surface area contributed by atoms with Gasteiger partial charge in [-0.1, -0.05) is 13.8 Å². The maximum Gasteiger partial charge on any atom is 0.0355 e. The molecule has 0 spiro atoms. The van der Waals surface area contributed by atoms with Gasteiger partial charge in [0.2, 0.25) is 0 Å². The lowest BCUT2D eigenvalue weighted by Crippen LogP contribution is -2.19. The molecule has 0 aliphatic heterocycles. The molecule has 0 unspecified atom stereocenters. The standard InChI is InChI=1S/C11H19N/c1-9(2)10-6-7-12(8-10)11(3,4)5/h6-9H,1-5H3. The van der Waals surface area contributed by atoms with E-state index in [1.165, 1.54) is 5.56 Å². The highest BCUT2D eigenvalue weighted by molar-refractivity contribution is 5.15. The first-order chi connectivity index (χ1) is 5.41. The Labute approximate surface area is 75.4 Å². The van der Waals surface area contributed by atoms with Crippen molar-refractivity contribution in [2.75, 3.05) is 0 Å². The summed E-state index contributed by atoms with van der Waals surface area (Å²) in [6, 6.07) is 2.20. The zero-order chi connectivity index (χ0) is 9.35. The van der Waals surface area contributed by atoms with Gasteiger partial charge in [0.05, 0.1) is 0 Å². The van der Waals surface area contributed by atoms with E-state index in [4.69, 9.17) is 0 Å². The first kappa shape index (κ1) is 9.37. The van der Waals surface area contributed by atoms with Gasteiger partial charge in [0.15, 0.2) is 0 Å². The minimum absolute atomic E-state index is 0.215. The van der Waals surface area contributed by atoms with Crippen LogP contribution < -0.4 is 0 Å². The fraction of sp³-hybridized carbons (Fsp3) is 0.636. The molecule has 0 radical (unpaired) electrons. The molecule has 0 saturated heterocycles. The summed E-state index contributed by atoms with van der Waals surface area (Å²) in [5.41, 5.74) is 1.64. The molecule has 1 aromatic rings. The molecule has 1 heteroatoms. The van der Waals surface area contributed by atoms with Crippen molar-refractivity contribution in [1.29, 1.82) is 0 Å². The van der Waals surface area contributed by atoms with Crippen LogP contribution in [0.3, 0.4) is 0 Å². The Bertz CT molecular complexity index is 250. The molecule has 12 heavy (non-hydrogen) atoms. The highest BCUT2D eigenvalue weighted by atomic mass is 15.0. The second-order valence-corrected chi connectivity index (χ2v) is 4.68.